The molecular formula is C36H26N4. The lowest BCUT2D eigenvalue weighted by Gasteiger charge is -2.24. The van der Waals surface area contributed by atoms with Crippen LogP contribution in [0.15, 0.2) is 109 Å². The quantitative estimate of drug-likeness (QED) is 0.239. The number of nitrogens with zero attached hydrogens (tertiary/aromatic N) is 4. The van der Waals surface area contributed by atoms with E-state index in [-0.39, 0.29) is 5.41 Å². The van der Waals surface area contributed by atoms with E-state index in [0.29, 0.717) is 17.5 Å². The number of hydrogen-bond donors (Lipinski definition) is 0. The third kappa shape index (κ3) is 3.39. The van der Waals surface area contributed by atoms with Gasteiger partial charge in [0, 0.05) is 22.7 Å². The van der Waals surface area contributed by atoms with Gasteiger partial charge in [-0.1, -0.05) is 98.8 Å². The molecule has 0 fully saturated rings. The summed E-state index contributed by atoms with van der Waals surface area (Å²) in [4.78, 5) is 19.1. The number of pyridine rings is 1. The van der Waals surface area contributed by atoms with Crippen LogP contribution >= 0.6 is 0 Å². The molecule has 0 unspecified atom stereocenters. The van der Waals surface area contributed by atoms with E-state index in [0.717, 1.165) is 23.2 Å². The molecule has 190 valence electrons. The summed E-state index contributed by atoms with van der Waals surface area (Å²) in [5, 5.41) is 0. The first kappa shape index (κ1) is 23.0. The van der Waals surface area contributed by atoms with Crippen LogP contribution in [0.25, 0.3) is 56.5 Å². The minimum atomic E-state index is -0.0292. The van der Waals surface area contributed by atoms with Gasteiger partial charge in [-0.05, 0) is 69.1 Å². The van der Waals surface area contributed by atoms with Crippen molar-refractivity contribution in [1.82, 2.24) is 19.9 Å². The number of rotatable bonds is 3. The van der Waals surface area contributed by atoms with Gasteiger partial charge in [-0.25, -0.2) is 15.0 Å². The van der Waals surface area contributed by atoms with Crippen molar-refractivity contribution in [1.29, 1.82) is 0 Å². The van der Waals surface area contributed by atoms with Gasteiger partial charge in [-0.3, -0.25) is 4.98 Å². The number of fused-ring (bicyclic) bond motifs is 7. The SMILES string of the molecule is CC1(C)c2ccccc2-c2ccc3c(c21)Cc1cc(-c2nc(-c4ccccc4)nc(-c4ccccn4)n2)ccc1-3. The molecule has 2 aliphatic rings. The highest BCUT2D eigenvalue weighted by Crippen LogP contribution is 2.54. The molecule has 0 aliphatic heterocycles. The van der Waals surface area contributed by atoms with Crippen LogP contribution in [-0.2, 0) is 11.8 Å². The average Bonchev–Trinajstić information content (AvgIpc) is 3.49. The predicted molar refractivity (Wildman–Crippen MR) is 160 cm³/mol. The van der Waals surface area contributed by atoms with E-state index < -0.39 is 0 Å². The molecule has 2 heterocycles. The van der Waals surface area contributed by atoms with Gasteiger partial charge < -0.3 is 0 Å². The highest BCUT2D eigenvalue weighted by Gasteiger charge is 2.39. The third-order valence-electron chi connectivity index (χ3n) is 8.41. The molecule has 6 aromatic rings. The maximum Gasteiger partial charge on any atom is 0.182 e. The molecule has 4 heteroatoms. The lowest BCUT2D eigenvalue weighted by Crippen LogP contribution is -2.17. The van der Waals surface area contributed by atoms with E-state index >= 15 is 0 Å². The van der Waals surface area contributed by atoms with Crippen LogP contribution in [0, 0.1) is 0 Å². The van der Waals surface area contributed by atoms with E-state index in [1.807, 2.05) is 48.5 Å². The van der Waals surface area contributed by atoms with Crippen LogP contribution in [0.5, 0.6) is 0 Å². The fourth-order valence-corrected chi connectivity index (χ4v) is 6.58. The maximum atomic E-state index is 4.93. The summed E-state index contributed by atoms with van der Waals surface area (Å²) in [6, 6.07) is 36.0. The van der Waals surface area contributed by atoms with Gasteiger partial charge in [0.1, 0.15) is 5.69 Å². The van der Waals surface area contributed by atoms with Gasteiger partial charge >= 0.3 is 0 Å². The highest BCUT2D eigenvalue weighted by molar-refractivity contribution is 5.89. The van der Waals surface area contributed by atoms with Crippen LogP contribution < -0.4 is 0 Å². The van der Waals surface area contributed by atoms with Crippen molar-refractivity contribution in [2.75, 3.05) is 0 Å². The van der Waals surface area contributed by atoms with Crippen LogP contribution in [0.1, 0.15) is 36.1 Å². The first-order chi connectivity index (χ1) is 19.6. The smallest absolute Gasteiger partial charge is 0.182 e. The summed E-state index contributed by atoms with van der Waals surface area (Å²) in [5.74, 6) is 1.88. The van der Waals surface area contributed by atoms with Crippen molar-refractivity contribution in [2.24, 2.45) is 0 Å². The van der Waals surface area contributed by atoms with Gasteiger partial charge in [0.25, 0.3) is 0 Å². The Morgan fingerprint density at radius 2 is 1.27 bits per heavy atom. The molecule has 4 aromatic carbocycles. The predicted octanol–water partition coefficient (Wildman–Crippen LogP) is 8.15. The van der Waals surface area contributed by atoms with E-state index in [9.17, 15) is 0 Å². The van der Waals surface area contributed by atoms with Gasteiger partial charge in [0.05, 0.1) is 0 Å². The van der Waals surface area contributed by atoms with Crippen LogP contribution in [0.3, 0.4) is 0 Å². The summed E-state index contributed by atoms with van der Waals surface area (Å²) in [7, 11) is 0. The Bertz CT molecular complexity index is 1880. The number of hydrogen-bond acceptors (Lipinski definition) is 4. The van der Waals surface area contributed by atoms with Crippen molar-refractivity contribution < 1.29 is 0 Å². The summed E-state index contributed by atoms with van der Waals surface area (Å²) >= 11 is 0. The molecule has 0 amide bonds. The molecule has 0 radical (unpaired) electrons. The molecule has 0 spiro atoms. The molecule has 40 heavy (non-hydrogen) atoms. The molecular weight excluding hydrogens is 488 g/mol. The second-order valence-corrected chi connectivity index (χ2v) is 11.1. The Morgan fingerprint density at radius 1 is 0.575 bits per heavy atom. The van der Waals surface area contributed by atoms with E-state index in [1.165, 1.54) is 44.5 Å². The molecule has 2 aliphatic carbocycles. The van der Waals surface area contributed by atoms with Crippen LogP contribution in [0.4, 0.5) is 0 Å². The summed E-state index contributed by atoms with van der Waals surface area (Å²) in [5.41, 5.74) is 13.7. The lowest BCUT2D eigenvalue weighted by atomic mass is 9.79. The van der Waals surface area contributed by atoms with Crippen LogP contribution in [-0.4, -0.2) is 19.9 Å². The highest BCUT2D eigenvalue weighted by atomic mass is 15.0. The maximum absolute atomic E-state index is 4.93. The van der Waals surface area contributed by atoms with E-state index in [1.54, 1.807) is 6.20 Å². The summed E-state index contributed by atoms with van der Waals surface area (Å²) in [6.45, 7) is 4.73. The summed E-state index contributed by atoms with van der Waals surface area (Å²) < 4.78 is 0. The molecule has 0 atom stereocenters. The third-order valence-corrected chi connectivity index (χ3v) is 8.41. The van der Waals surface area contributed by atoms with Crippen molar-refractivity contribution >= 4 is 0 Å². The molecule has 2 aromatic heterocycles. The van der Waals surface area contributed by atoms with Crippen LogP contribution in [0.2, 0.25) is 0 Å². The van der Waals surface area contributed by atoms with Crippen molar-refractivity contribution in [3.63, 3.8) is 0 Å². The Balaban J connectivity index is 1.25. The summed E-state index contributed by atoms with van der Waals surface area (Å²) in [6.07, 6.45) is 2.68. The number of benzene rings is 4. The molecule has 8 rings (SSSR count). The monoisotopic (exact) mass is 514 g/mol. The average molecular weight is 515 g/mol. The van der Waals surface area contributed by atoms with Crippen molar-refractivity contribution in [3.8, 4) is 56.5 Å². The molecule has 0 saturated heterocycles. The second kappa shape index (κ2) is 8.52. The first-order valence-corrected chi connectivity index (χ1v) is 13.7. The van der Waals surface area contributed by atoms with Crippen molar-refractivity contribution in [2.45, 2.75) is 25.7 Å². The van der Waals surface area contributed by atoms with Gasteiger partial charge in [-0.15, -0.1) is 0 Å². The zero-order valence-electron chi connectivity index (χ0n) is 22.4. The topological polar surface area (TPSA) is 51.6 Å². The Morgan fingerprint density at radius 3 is 2.10 bits per heavy atom. The van der Waals surface area contributed by atoms with Gasteiger partial charge in [0.2, 0.25) is 0 Å². The van der Waals surface area contributed by atoms with Gasteiger partial charge in [0.15, 0.2) is 17.5 Å². The second-order valence-electron chi connectivity index (χ2n) is 11.1. The largest absolute Gasteiger partial charge is 0.253 e. The lowest BCUT2D eigenvalue weighted by molar-refractivity contribution is 0.654. The molecule has 4 nitrogen and oxygen atoms in total. The normalized spacial score (nSPS) is 13.8. The zero-order valence-corrected chi connectivity index (χ0v) is 22.4. The van der Waals surface area contributed by atoms with E-state index in [2.05, 4.69) is 73.4 Å². The molecule has 0 saturated carbocycles. The molecule has 0 N–H and O–H groups in total. The van der Waals surface area contributed by atoms with Crippen molar-refractivity contribution in [3.05, 3.63) is 132 Å². The first-order valence-electron chi connectivity index (χ1n) is 13.7. The van der Waals surface area contributed by atoms with E-state index in [4.69, 9.17) is 15.0 Å². The minimum absolute atomic E-state index is 0.0292. The number of aromatic nitrogens is 4. The standard InChI is InChI=1S/C36H26N4/c1-36(2)30-13-7-6-12-27(30)28-18-17-26-25-16-15-23(20-24(25)21-29(26)32(28)36)34-38-33(22-10-4-3-5-11-22)39-35(40-34)31-14-8-9-19-37-31/h3-20H,21H2,1-2H3. The minimum Gasteiger partial charge on any atom is -0.253 e. The Hall–Kier alpha value is -4.96. The molecule has 0 bridgehead atoms. The zero-order chi connectivity index (χ0) is 26.8. The fraction of sp³-hybridized carbons (Fsp3) is 0.111. The Labute approximate surface area is 233 Å². The fourth-order valence-electron chi connectivity index (χ4n) is 6.58. The van der Waals surface area contributed by atoms with Gasteiger partial charge in [-0.2, -0.15) is 0 Å². The Kier molecular flexibility index (Phi) is 4.89.